The van der Waals surface area contributed by atoms with Crippen LogP contribution in [0.15, 0.2) is 24.3 Å². The van der Waals surface area contributed by atoms with E-state index < -0.39 is 10.5 Å². The molecule has 1 unspecified atom stereocenters. The third kappa shape index (κ3) is 3.18. The Bertz CT molecular complexity index is 327. The average molecular weight is 323 g/mol. The summed E-state index contributed by atoms with van der Waals surface area (Å²) in [7, 11) is 0. The van der Waals surface area contributed by atoms with Crippen molar-refractivity contribution >= 4 is 62.4 Å². The van der Waals surface area contributed by atoms with Gasteiger partial charge in [-0.2, -0.15) is 0 Å². The first-order valence-corrected chi connectivity index (χ1v) is 10.1. The molecule has 15 heavy (non-hydrogen) atoms. The lowest BCUT2D eigenvalue weighted by molar-refractivity contribution is 0.957. The molecule has 1 atom stereocenters. The Morgan fingerprint density at radius 1 is 1.13 bits per heavy atom. The Morgan fingerprint density at radius 3 is 1.93 bits per heavy atom. The molecular formula is C9H9Cl5Si. The van der Waals surface area contributed by atoms with Crippen molar-refractivity contribution in [3.63, 3.8) is 0 Å². The zero-order valence-electron chi connectivity index (χ0n) is 7.91. The van der Waals surface area contributed by atoms with Crippen molar-refractivity contribution in [1.29, 1.82) is 0 Å². The van der Waals surface area contributed by atoms with Gasteiger partial charge in [0.1, 0.15) is 4.50 Å². The van der Waals surface area contributed by atoms with Crippen LogP contribution in [0.25, 0.3) is 0 Å². The Hall–Kier alpha value is 0.887. The van der Waals surface area contributed by atoms with E-state index in [4.69, 9.17) is 56.4 Å². The summed E-state index contributed by atoms with van der Waals surface area (Å²) in [6, 6.07) is 4.45. The fourth-order valence-electron chi connectivity index (χ4n) is 1.07. The molecule has 0 saturated heterocycles. The number of rotatable bonds is 3. The summed E-state index contributed by atoms with van der Waals surface area (Å²) in [5, 5.41) is 0. The topological polar surface area (TPSA) is 0 Å². The lowest BCUT2D eigenvalue weighted by atomic mass is 10.1. The van der Waals surface area contributed by atoms with Gasteiger partial charge in [-0.25, -0.2) is 0 Å². The molecule has 0 saturated carbocycles. The largest absolute Gasteiger partial charge is 0.365 e. The summed E-state index contributed by atoms with van der Waals surface area (Å²) in [5.74, 6) is 0.463. The Labute approximate surface area is 115 Å². The predicted octanol–water partition coefficient (Wildman–Crippen LogP) is 5.07. The summed E-state index contributed by atoms with van der Waals surface area (Å²) in [5.41, 5.74) is 1.82. The highest BCUT2D eigenvalue weighted by atomic mass is 35.8. The van der Waals surface area contributed by atoms with Crippen LogP contribution in [-0.2, 0) is 10.4 Å². The first kappa shape index (κ1) is 13.9. The van der Waals surface area contributed by atoms with Gasteiger partial charge >= 0.3 is 6.00 Å². The highest BCUT2D eigenvalue weighted by Crippen LogP contribution is 2.45. The molecule has 0 heterocycles. The van der Waals surface area contributed by atoms with Crippen molar-refractivity contribution in [3.8, 4) is 0 Å². The van der Waals surface area contributed by atoms with Crippen LogP contribution < -0.4 is 0 Å². The van der Waals surface area contributed by atoms with Gasteiger partial charge in [0.05, 0.1) is 0 Å². The number of halogens is 5. The van der Waals surface area contributed by atoms with E-state index in [1.807, 2.05) is 24.3 Å². The van der Waals surface area contributed by atoms with E-state index in [2.05, 4.69) is 0 Å². The third-order valence-corrected chi connectivity index (χ3v) is 9.19. The highest BCUT2D eigenvalue weighted by Gasteiger charge is 2.48. The van der Waals surface area contributed by atoms with Gasteiger partial charge in [-0.15, -0.1) is 56.4 Å². The molecule has 0 fully saturated rings. The van der Waals surface area contributed by atoms with Crippen LogP contribution in [0.5, 0.6) is 0 Å². The first-order valence-electron chi connectivity index (χ1n) is 4.20. The summed E-state index contributed by atoms with van der Waals surface area (Å²) < 4.78 is -0.914. The SMILES string of the molecule is CC(Cl)(c1ccc(CCl)cc1)[Si](Cl)(Cl)Cl. The molecule has 0 bridgehead atoms. The smallest absolute Gasteiger partial charge is 0.124 e. The Kier molecular flexibility index (Phi) is 4.68. The predicted molar refractivity (Wildman–Crippen MR) is 72.5 cm³/mol. The molecule has 84 valence electrons. The van der Waals surface area contributed by atoms with Gasteiger partial charge in [0.2, 0.25) is 0 Å². The normalized spacial score (nSPS) is 16.1. The minimum atomic E-state index is -3.00. The number of benzene rings is 1. The van der Waals surface area contributed by atoms with Crippen molar-refractivity contribution in [3.05, 3.63) is 35.4 Å². The first-order chi connectivity index (χ1) is 6.79. The maximum atomic E-state index is 6.27. The van der Waals surface area contributed by atoms with E-state index in [1.54, 1.807) is 6.92 Å². The van der Waals surface area contributed by atoms with Gasteiger partial charge in [0.15, 0.2) is 0 Å². The van der Waals surface area contributed by atoms with Crippen molar-refractivity contribution in [2.24, 2.45) is 0 Å². The fraction of sp³-hybridized carbons (Fsp3) is 0.333. The second kappa shape index (κ2) is 5.03. The van der Waals surface area contributed by atoms with Crippen LogP contribution in [0.1, 0.15) is 18.1 Å². The van der Waals surface area contributed by atoms with Crippen LogP contribution in [0.3, 0.4) is 0 Å². The summed E-state index contributed by atoms with van der Waals surface area (Å²) >= 11 is 29.8. The van der Waals surface area contributed by atoms with E-state index in [-0.39, 0.29) is 0 Å². The van der Waals surface area contributed by atoms with E-state index in [9.17, 15) is 0 Å². The van der Waals surface area contributed by atoms with E-state index in [0.29, 0.717) is 5.88 Å². The van der Waals surface area contributed by atoms with Crippen LogP contribution in [0.4, 0.5) is 0 Å². The molecule has 0 radical (unpaired) electrons. The number of hydrogen-bond acceptors (Lipinski definition) is 0. The van der Waals surface area contributed by atoms with Crippen molar-refractivity contribution in [1.82, 2.24) is 0 Å². The molecule has 6 heteroatoms. The molecule has 0 spiro atoms. The zero-order chi connectivity index (χ0) is 11.7. The van der Waals surface area contributed by atoms with Gasteiger partial charge in [0.25, 0.3) is 0 Å². The molecular weight excluding hydrogens is 313 g/mol. The highest BCUT2D eigenvalue weighted by molar-refractivity contribution is 7.66. The molecule has 0 N–H and O–H groups in total. The molecule has 0 aromatic heterocycles. The molecule has 0 aliphatic rings. The van der Waals surface area contributed by atoms with E-state index in [1.165, 1.54) is 0 Å². The summed E-state index contributed by atoms with van der Waals surface area (Å²) in [6.07, 6.45) is 0. The van der Waals surface area contributed by atoms with Gasteiger partial charge in [0, 0.05) is 5.88 Å². The van der Waals surface area contributed by atoms with Crippen LogP contribution in [0, 0.1) is 0 Å². The van der Waals surface area contributed by atoms with Gasteiger partial charge < -0.3 is 0 Å². The summed E-state index contributed by atoms with van der Waals surface area (Å²) in [6.45, 7) is 1.73. The van der Waals surface area contributed by atoms with Crippen molar-refractivity contribution in [2.75, 3.05) is 0 Å². The monoisotopic (exact) mass is 320 g/mol. The maximum Gasteiger partial charge on any atom is 0.365 e. The molecule has 0 aliphatic heterocycles. The lowest BCUT2D eigenvalue weighted by Gasteiger charge is -2.28. The van der Waals surface area contributed by atoms with Crippen molar-refractivity contribution in [2.45, 2.75) is 17.3 Å². The van der Waals surface area contributed by atoms with Crippen LogP contribution >= 0.6 is 56.4 Å². The van der Waals surface area contributed by atoms with E-state index in [0.717, 1.165) is 11.1 Å². The van der Waals surface area contributed by atoms with E-state index >= 15 is 0 Å². The number of hydrogen-bond donors (Lipinski definition) is 0. The molecule has 1 aromatic rings. The minimum absolute atomic E-state index is 0.463. The molecule has 0 nitrogen and oxygen atoms in total. The second-order valence-electron chi connectivity index (χ2n) is 3.33. The van der Waals surface area contributed by atoms with Gasteiger partial charge in [-0.1, -0.05) is 24.3 Å². The average Bonchev–Trinajstić information content (AvgIpc) is 2.16. The van der Waals surface area contributed by atoms with Crippen molar-refractivity contribution < 1.29 is 0 Å². The lowest BCUT2D eigenvalue weighted by Crippen LogP contribution is -2.36. The van der Waals surface area contributed by atoms with Crippen LogP contribution in [-0.4, -0.2) is 6.00 Å². The van der Waals surface area contributed by atoms with Gasteiger partial charge in [-0.3, -0.25) is 0 Å². The second-order valence-corrected chi connectivity index (χ2v) is 13.5. The molecule has 0 amide bonds. The minimum Gasteiger partial charge on any atom is -0.124 e. The Morgan fingerprint density at radius 2 is 1.60 bits per heavy atom. The zero-order valence-corrected chi connectivity index (χ0v) is 12.7. The van der Waals surface area contributed by atoms with Gasteiger partial charge in [-0.05, 0) is 18.1 Å². The summed E-state index contributed by atoms with van der Waals surface area (Å²) in [4.78, 5) is 0. The Balaban J connectivity index is 3.06. The third-order valence-electron chi connectivity index (χ3n) is 2.18. The molecule has 1 aromatic carbocycles. The quantitative estimate of drug-likeness (QED) is 0.414. The molecule has 0 aliphatic carbocycles. The number of alkyl halides is 2. The molecule has 1 rings (SSSR count). The fourth-order valence-corrected chi connectivity index (χ4v) is 2.85. The maximum absolute atomic E-state index is 6.27. The standard InChI is InChI=1S/C9H9Cl5Si/c1-9(11,15(12,13)14)8-4-2-7(6-10)3-5-8/h2-5H,6H2,1H3. The van der Waals surface area contributed by atoms with Crippen LogP contribution in [0.2, 0.25) is 0 Å².